The number of hydrogen-bond donors (Lipinski definition) is 1. The van der Waals surface area contributed by atoms with Crippen LogP contribution in [0.4, 0.5) is 4.39 Å². The quantitative estimate of drug-likeness (QED) is 0.867. The van der Waals surface area contributed by atoms with Gasteiger partial charge in [-0.3, -0.25) is 0 Å². The second kappa shape index (κ2) is 5.56. The fourth-order valence-electron chi connectivity index (χ4n) is 1.97. The summed E-state index contributed by atoms with van der Waals surface area (Å²) in [6.45, 7) is 2.19. The molecule has 4 nitrogen and oxygen atoms in total. The van der Waals surface area contributed by atoms with Crippen molar-refractivity contribution in [1.82, 2.24) is 4.31 Å². The Morgan fingerprint density at radius 1 is 1.42 bits per heavy atom. The average Bonchev–Trinajstić information content (AvgIpc) is 3.20. The first-order valence-corrected chi connectivity index (χ1v) is 7.82. The van der Waals surface area contributed by atoms with Crippen LogP contribution in [-0.4, -0.2) is 30.9 Å². The topological polar surface area (TPSA) is 57.6 Å². The maximum atomic E-state index is 13.3. The zero-order valence-corrected chi connectivity index (χ0v) is 11.7. The van der Waals surface area contributed by atoms with Gasteiger partial charge in [-0.25, -0.2) is 12.8 Å². The highest BCUT2D eigenvalue weighted by Crippen LogP contribution is 2.31. The van der Waals surface area contributed by atoms with Crippen LogP contribution in [0.1, 0.15) is 25.3 Å². The van der Waals surface area contributed by atoms with E-state index in [0.29, 0.717) is 19.0 Å². The van der Waals surface area contributed by atoms with E-state index in [-0.39, 0.29) is 10.5 Å². The van der Waals surface area contributed by atoms with Crippen molar-refractivity contribution < 1.29 is 17.9 Å². The minimum Gasteiger partial charge on any atom is -0.392 e. The van der Waals surface area contributed by atoms with Gasteiger partial charge in [-0.1, -0.05) is 6.92 Å². The summed E-state index contributed by atoms with van der Waals surface area (Å²) in [7, 11) is -3.60. The number of benzene rings is 1. The Labute approximate surface area is 112 Å². The Kier molecular flexibility index (Phi) is 4.23. The van der Waals surface area contributed by atoms with Gasteiger partial charge in [-0.05, 0) is 37.0 Å². The van der Waals surface area contributed by atoms with Gasteiger partial charge in [0.05, 0.1) is 11.5 Å². The van der Waals surface area contributed by atoms with E-state index < -0.39 is 22.4 Å². The molecule has 1 aliphatic carbocycles. The summed E-state index contributed by atoms with van der Waals surface area (Å²) < 4.78 is 39.6. The lowest BCUT2D eigenvalue weighted by Crippen LogP contribution is -2.32. The number of nitrogens with zero attached hydrogens (tertiary/aromatic N) is 1. The van der Waals surface area contributed by atoms with Crippen LogP contribution in [0, 0.1) is 11.7 Å². The molecule has 0 saturated heterocycles. The largest absolute Gasteiger partial charge is 0.392 e. The predicted molar refractivity (Wildman–Crippen MR) is 69.5 cm³/mol. The average molecular weight is 287 g/mol. The van der Waals surface area contributed by atoms with Crippen molar-refractivity contribution >= 4 is 10.0 Å². The Morgan fingerprint density at radius 3 is 2.63 bits per heavy atom. The van der Waals surface area contributed by atoms with E-state index >= 15 is 0 Å². The first kappa shape index (κ1) is 14.4. The number of rotatable bonds is 6. The van der Waals surface area contributed by atoms with Gasteiger partial charge in [0, 0.05) is 18.7 Å². The van der Waals surface area contributed by atoms with E-state index in [1.807, 2.05) is 0 Å². The van der Waals surface area contributed by atoms with Gasteiger partial charge in [0.15, 0.2) is 0 Å². The number of aliphatic hydroxyl groups is 1. The van der Waals surface area contributed by atoms with Gasteiger partial charge < -0.3 is 5.11 Å². The highest BCUT2D eigenvalue weighted by molar-refractivity contribution is 7.89. The molecule has 1 fully saturated rings. The summed E-state index contributed by atoms with van der Waals surface area (Å²) in [5.41, 5.74) is 0.00329. The third-order valence-corrected chi connectivity index (χ3v) is 5.27. The molecule has 0 unspecified atom stereocenters. The van der Waals surface area contributed by atoms with Crippen LogP contribution < -0.4 is 0 Å². The maximum absolute atomic E-state index is 13.3. The molecule has 0 radical (unpaired) electrons. The molecule has 1 aromatic carbocycles. The van der Waals surface area contributed by atoms with Crippen molar-refractivity contribution in [2.24, 2.45) is 5.92 Å². The lowest BCUT2D eigenvalue weighted by Gasteiger charge is -2.20. The minimum atomic E-state index is -3.60. The van der Waals surface area contributed by atoms with Gasteiger partial charge in [-0.15, -0.1) is 0 Å². The van der Waals surface area contributed by atoms with E-state index in [0.717, 1.165) is 18.9 Å². The van der Waals surface area contributed by atoms with E-state index in [4.69, 9.17) is 5.11 Å². The van der Waals surface area contributed by atoms with Crippen LogP contribution in [-0.2, 0) is 16.6 Å². The summed E-state index contributed by atoms with van der Waals surface area (Å²) in [5.74, 6) is -0.140. The van der Waals surface area contributed by atoms with E-state index in [1.165, 1.54) is 16.4 Å². The molecule has 1 saturated carbocycles. The molecule has 19 heavy (non-hydrogen) atoms. The van der Waals surface area contributed by atoms with Gasteiger partial charge >= 0.3 is 0 Å². The smallest absolute Gasteiger partial charge is 0.243 e. The third-order valence-electron chi connectivity index (χ3n) is 3.34. The number of sulfonamides is 1. The van der Waals surface area contributed by atoms with Gasteiger partial charge in [0.2, 0.25) is 10.0 Å². The SMILES string of the molecule is CCN(CC1CC1)S(=O)(=O)c1ccc(F)c(CO)c1. The van der Waals surface area contributed by atoms with Crippen LogP contribution in [0.5, 0.6) is 0 Å². The molecule has 106 valence electrons. The molecule has 1 aromatic rings. The standard InChI is InChI=1S/C13H18FNO3S/c1-2-15(8-10-3-4-10)19(17,18)12-5-6-13(14)11(7-12)9-16/h5-7,10,16H,2-4,8-9H2,1H3. The molecule has 0 spiro atoms. The van der Waals surface area contributed by atoms with Gasteiger partial charge in [-0.2, -0.15) is 4.31 Å². The summed E-state index contributed by atoms with van der Waals surface area (Å²) in [6.07, 6.45) is 2.13. The van der Waals surface area contributed by atoms with Crippen LogP contribution in [0.25, 0.3) is 0 Å². The summed E-state index contributed by atoms with van der Waals surface area (Å²) in [4.78, 5) is 0.0421. The Balaban J connectivity index is 2.31. The molecule has 6 heteroatoms. The Morgan fingerprint density at radius 2 is 2.11 bits per heavy atom. The van der Waals surface area contributed by atoms with Crippen molar-refractivity contribution in [3.63, 3.8) is 0 Å². The molecule has 0 aromatic heterocycles. The van der Waals surface area contributed by atoms with Crippen molar-refractivity contribution in [2.45, 2.75) is 31.3 Å². The van der Waals surface area contributed by atoms with Crippen molar-refractivity contribution in [3.05, 3.63) is 29.6 Å². The van der Waals surface area contributed by atoms with E-state index in [9.17, 15) is 12.8 Å². The second-order valence-corrected chi connectivity index (χ2v) is 6.75. The lowest BCUT2D eigenvalue weighted by molar-refractivity contribution is 0.275. The second-order valence-electron chi connectivity index (χ2n) is 4.81. The zero-order valence-electron chi connectivity index (χ0n) is 10.8. The van der Waals surface area contributed by atoms with Crippen LogP contribution >= 0.6 is 0 Å². The van der Waals surface area contributed by atoms with E-state index in [1.54, 1.807) is 6.92 Å². The van der Waals surface area contributed by atoms with Crippen molar-refractivity contribution in [3.8, 4) is 0 Å². The molecular formula is C13H18FNO3S. The van der Waals surface area contributed by atoms with Crippen molar-refractivity contribution in [1.29, 1.82) is 0 Å². The van der Waals surface area contributed by atoms with Crippen LogP contribution in [0.3, 0.4) is 0 Å². The summed E-state index contributed by atoms with van der Waals surface area (Å²) >= 11 is 0. The first-order chi connectivity index (χ1) is 8.98. The molecular weight excluding hydrogens is 269 g/mol. The third kappa shape index (κ3) is 3.13. The predicted octanol–water partition coefficient (Wildman–Crippen LogP) is 1.74. The maximum Gasteiger partial charge on any atom is 0.243 e. The number of hydrogen-bond acceptors (Lipinski definition) is 3. The number of halogens is 1. The molecule has 0 bridgehead atoms. The minimum absolute atomic E-state index is 0.00329. The fourth-order valence-corrected chi connectivity index (χ4v) is 3.54. The molecule has 0 amide bonds. The zero-order chi connectivity index (χ0) is 14.0. The fraction of sp³-hybridized carbons (Fsp3) is 0.538. The monoisotopic (exact) mass is 287 g/mol. The Bertz CT molecular complexity index is 555. The van der Waals surface area contributed by atoms with Gasteiger partial charge in [0.25, 0.3) is 0 Å². The number of aliphatic hydroxyl groups excluding tert-OH is 1. The highest BCUT2D eigenvalue weighted by Gasteiger charge is 2.30. The molecule has 0 atom stereocenters. The van der Waals surface area contributed by atoms with Crippen LogP contribution in [0.2, 0.25) is 0 Å². The van der Waals surface area contributed by atoms with E-state index in [2.05, 4.69) is 0 Å². The molecule has 0 heterocycles. The lowest BCUT2D eigenvalue weighted by atomic mass is 10.2. The molecule has 2 rings (SSSR count). The summed E-state index contributed by atoms with van der Waals surface area (Å²) in [6, 6.07) is 3.54. The van der Waals surface area contributed by atoms with Crippen LogP contribution in [0.15, 0.2) is 23.1 Å². The Hall–Kier alpha value is -0.980. The van der Waals surface area contributed by atoms with Crippen molar-refractivity contribution in [2.75, 3.05) is 13.1 Å². The first-order valence-electron chi connectivity index (χ1n) is 6.38. The molecule has 1 aliphatic rings. The molecule has 0 aliphatic heterocycles. The molecule has 1 N–H and O–H groups in total. The highest BCUT2D eigenvalue weighted by atomic mass is 32.2. The summed E-state index contributed by atoms with van der Waals surface area (Å²) in [5, 5.41) is 9.01. The normalized spacial score (nSPS) is 16.0. The van der Waals surface area contributed by atoms with Gasteiger partial charge in [0.1, 0.15) is 5.82 Å².